The van der Waals surface area contributed by atoms with Crippen molar-refractivity contribution in [1.82, 2.24) is 9.21 Å². The number of β-amino-alcohol motifs (C(OH)–C–C–N with tert-alkyl or cyclic N) is 1. The lowest BCUT2D eigenvalue weighted by atomic mass is 10.0. The molecular formula is C16H23FN2O3S. The first-order valence-corrected chi connectivity index (χ1v) is 9.72. The first-order chi connectivity index (χ1) is 11.0. The summed E-state index contributed by atoms with van der Waals surface area (Å²) in [7, 11) is -3.45. The van der Waals surface area contributed by atoms with Crippen LogP contribution in [0.1, 0.15) is 30.9 Å². The Morgan fingerprint density at radius 1 is 1.17 bits per heavy atom. The summed E-state index contributed by atoms with van der Waals surface area (Å²) in [5.74, 6) is -0.284. The van der Waals surface area contributed by atoms with Crippen molar-refractivity contribution in [3.05, 3.63) is 35.6 Å². The zero-order chi connectivity index (χ0) is 16.4. The summed E-state index contributed by atoms with van der Waals surface area (Å²) in [4.78, 5) is 2.16. The first kappa shape index (κ1) is 16.8. The zero-order valence-electron chi connectivity index (χ0n) is 13.1. The molecule has 1 aromatic rings. The van der Waals surface area contributed by atoms with Gasteiger partial charge in [-0.15, -0.1) is 0 Å². The number of sulfonamides is 1. The maximum atomic E-state index is 13.1. The lowest BCUT2D eigenvalue weighted by molar-refractivity contribution is 0.188. The van der Waals surface area contributed by atoms with Crippen LogP contribution >= 0.6 is 0 Å². The topological polar surface area (TPSA) is 60.9 Å². The van der Waals surface area contributed by atoms with Crippen LogP contribution in [0.5, 0.6) is 0 Å². The van der Waals surface area contributed by atoms with Crippen molar-refractivity contribution < 1.29 is 17.9 Å². The van der Waals surface area contributed by atoms with Gasteiger partial charge in [0.1, 0.15) is 5.82 Å². The number of aliphatic hydroxyl groups is 1. The van der Waals surface area contributed by atoms with Gasteiger partial charge in [-0.3, -0.25) is 0 Å². The fraction of sp³-hybridized carbons (Fsp3) is 0.625. The lowest BCUT2D eigenvalue weighted by Crippen LogP contribution is -2.37. The number of halogens is 1. The van der Waals surface area contributed by atoms with Crippen molar-refractivity contribution in [1.29, 1.82) is 0 Å². The summed E-state index contributed by atoms with van der Waals surface area (Å²) in [6.45, 7) is 2.56. The molecular weight excluding hydrogens is 319 g/mol. The summed E-state index contributed by atoms with van der Waals surface area (Å²) in [5, 5.41) is 9.94. The second kappa shape index (κ2) is 6.84. The Kier molecular flexibility index (Phi) is 5.01. The molecule has 5 nitrogen and oxygen atoms in total. The largest absolute Gasteiger partial charge is 0.392 e. The molecule has 2 saturated heterocycles. The van der Waals surface area contributed by atoms with E-state index in [2.05, 4.69) is 4.90 Å². The number of benzene rings is 1. The van der Waals surface area contributed by atoms with E-state index in [1.165, 1.54) is 16.4 Å². The molecule has 3 rings (SSSR count). The van der Waals surface area contributed by atoms with Crippen molar-refractivity contribution in [2.75, 3.05) is 31.9 Å². The van der Waals surface area contributed by atoms with E-state index in [4.69, 9.17) is 0 Å². The Morgan fingerprint density at radius 3 is 2.48 bits per heavy atom. The third kappa shape index (κ3) is 3.91. The Morgan fingerprint density at radius 2 is 1.83 bits per heavy atom. The van der Waals surface area contributed by atoms with Crippen molar-refractivity contribution >= 4 is 10.0 Å². The molecule has 0 spiro atoms. The van der Waals surface area contributed by atoms with Gasteiger partial charge in [0.25, 0.3) is 0 Å². The van der Waals surface area contributed by atoms with E-state index in [9.17, 15) is 17.9 Å². The predicted molar refractivity (Wildman–Crippen MR) is 85.9 cm³/mol. The Labute approximate surface area is 136 Å². The first-order valence-electron chi connectivity index (χ1n) is 8.11. The van der Waals surface area contributed by atoms with E-state index < -0.39 is 22.2 Å². The monoisotopic (exact) mass is 342 g/mol. The molecule has 0 unspecified atom stereocenters. The smallest absolute Gasteiger partial charge is 0.216 e. The van der Waals surface area contributed by atoms with Gasteiger partial charge in [0, 0.05) is 13.1 Å². The number of rotatable bonds is 5. The average Bonchev–Trinajstić information content (AvgIpc) is 3.16. The fourth-order valence-corrected chi connectivity index (χ4v) is 5.17. The number of aliphatic hydroxyl groups excluding tert-OH is 1. The van der Waals surface area contributed by atoms with Gasteiger partial charge in [0.15, 0.2) is 0 Å². The van der Waals surface area contributed by atoms with Crippen molar-refractivity contribution in [2.24, 2.45) is 0 Å². The minimum absolute atomic E-state index is 0.0669. The maximum Gasteiger partial charge on any atom is 0.216 e. The molecule has 0 bridgehead atoms. The van der Waals surface area contributed by atoms with Gasteiger partial charge in [-0.25, -0.2) is 12.8 Å². The lowest BCUT2D eigenvalue weighted by Gasteiger charge is -2.25. The van der Waals surface area contributed by atoms with Crippen LogP contribution in [0, 0.1) is 5.82 Å². The predicted octanol–water partition coefficient (Wildman–Crippen LogP) is 1.36. The molecule has 2 aliphatic rings. The third-order valence-electron chi connectivity index (χ3n) is 4.71. The van der Waals surface area contributed by atoms with Gasteiger partial charge in [-0.05, 0) is 50.0 Å². The van der Waals surface area contributed by atoms with Gasteiger partial charge in [0.2, 0.25) is 10.0 Å². The molecule has 2 fully saturated rings. The molecule has 23 heavy (non-hydrogen) atoms. The van der Waals surface area contributed by atoms with Crippen molar-refractivity contribution in [3.63, 3.8) is 0 Å². The van der Waals surface area contributed by atoms with E-state index in [1.807, 2.05) is 0 Å². The standard InChI is InChI=1S/C16H23FN2O3S/c17-14-5-3-13(4-6-14)16-11-15(20)12-19(16)23(21,22)10-9-18-7-1-2-8-18/h3-6,15-16,20H,1-2,7-12H2/t15-,16-/m1/s1. The van der Waals surface area contributed by atoms with Crippen molar-refractivity contribution in [3.8, 4) is 0 Å². The normalized spacial score (nSPS) is 26.9. The van der Waals surface area contributed by atoms with Crippen LogP contribution in [0.15, 0.2) is 24.3 Å². The Bertz CT molecular complexity index is 629. The van der Waals surface area contributed by atoms with E-state index in [-0.39, 0.29) is 18.1 Å². The zero-order valence-corrected chi connectivity index (χ0v) is 13.9. The Hall–Kier alpha value is -1.02. The van der Waals surface area contributed by atoms with E-state index >= 15 is 0 Å². The van der Waals surface area contributed by atoms with Gasteiger partial charge < -0.3 is 10.0 Å². The molecule has 0 radical (unpaired) electrons. The highest BCUT2D eigenvalue weighted by atomic mass is 32.2. The van der Waals surface area contributed by atoms with Crippen LogP contribution in [0.25, 0.3) is 0 Å². The van der Waals surface area contributed by atoms with Crippen LogP contribution < -0.4 is 0 Å². The second-order valence-corrected chi connectivity index (χ2v) is 8.43. The van der Waals surface area contributed by atoms with Gasteiger partial charge in [-0.2, -0.15) is 4.31 Å². The van der Waals surface area contributed by atoms with Crippen LogP contribution in [0.3, 0.4) is 0 Å². The summed E-state index contributed by atoms with van der Waals surface area (Å²) in [6.07, 6.45) is 1.93. The molecule has 0 aromatic heterocycles. The highest BCUT2D eigenvalue weighted by Gasteiger charge is 2.39. The average molecular weight is 342 g/mol. The summed E-state index contributed by atoms with van der Waals surface area (Å²) in [5.41, 5.74) is 0.729. The summed E-state index contributed by atoms with van der Waals surface area (Å²) < 4.78 is 39.9. The summed E-state index contributed by atoms with van der Waals surface area (Å²) >= 11 is 0. The molecule has 0 saturated carbocycles. The van der Waals surface area contributed by atoms with Crippen LogP contribution in [-0.2, 0) is 10.0 Å². The van der Waals surface area contributed by atoms with E-state index in [0.29, 0.717) is 13.0 Å². The molecule has 1 aromatic carbocycles. The van der Waals surface area contributed by atoms with E-state index in [0.717, 1.165) is 31.5 Å². The number of hydrogen-bond acceptors (Lipinski definition) is 4. The molecule has 0 aliphatic carbocycles. The summed E-state index contributed by atoms with van der Waals surface area (Å²) in [6, 6.07) is 5.45. The highest BCUT2D eigenvalue weighted by Crippen LogP contribution is 2.34. The van der Waals surface area contributed by atoms with Crippen molar-refractivity contribution in [2.45, 2.75) is 31.4 Å². The molecule has 2 heterocycles. The molecule has 128 valence electrons. The quantitative estimate of drug-likeness (QED) is 0.878. The second-order valence-electron chi connectivity index (χ2n) is 6.39. The molecule has 1 N–H and O–H groups in total. The highest BCUT2D eigenvalue weighted by molar-refractivity contribution is 7.89. The Balaban J connectivity index is 1.73. The van der Waals surface area contributed by atoms with Crippen LogP contribution in [0.4, 0.5) is 4.39 Å². The van der Waals surface area contributed by atoms with Gasteiger partial charge in [0.05, 0.1) is 17.9 Å². The fourth-order valence-electron chi connectivity index (χ4n) is 3.45. The number of nitrogens with zero attached hydrogens (tertiary/aromatic N) is 2. The minimum Gasteiger partial charge on any atom is -0.392 e. The van der Waals surface area contributed by atoms with Crippen LogP contribution in [-0.4, -0.2) is 60.8 Å². The van der Waals surface area contributed by atoms with Gasteiger partial charge >= 0.3 is 0 Å². The van der Waals surface area contributed by atoms with Gasteiger partial charge in [-0.1, -0.05) is 12.1 Å². The number of hydrogen-bond donors (Lipinski definition) is 1. The van der Waals surface area contributed by atoms with E-state index in [1.54, 1.807) is 12.1 Å². The molecule has 0 amide bonds. The number of likely N-dealkylation sites (tertiary alicyclic amines) is 1. The maximum absolute atomic E-state index is 13.1. The molecule has 2 aliphatic heterocycles. The molecule has 2 atom stereocenters. The van der Waals surface area contributed by atoms with Crippen LogP contribution in [0.2, 0.25) is 0 Å². The minimum atomic E-state index is -3.45. The molecule has 7 heteroatoms. The third-order valence-corrected chi connectivity index (χ3v) is 6.53. The SMILES string of the molecule is O=S(=O)(CCN1CCCC1)N1C[C@H](O)C[C@@H]1c1ccc(F)cc1.